The zero-order valence-electron chi connectivity index (χ0n) is 19.0. The summed E-state index contributed by atoms with van der Waals surface area (Å²) in [7, 11) is 3.08. The van der Waals surface area contributed by atoms with Gasteiger partial charge < -0.3 is 0 Å². The van der Waals surface area contributed by atoms with Gasteiger partial charge in [0.15, 0.2) is 0 Å². The average molecular weight is 389 g/mol. The molecular weight excluding hydrogens is 343 g/mol. The summed E-state index contributed by atoms with van der Waals surface area (Å²) < 4.78 is 0. The standard InChI is InChI=1S/C26H45P/c1-7-8-11-20(2)12-9-13-21(3)14-10-15-22(4)16-18-25-19-17-23(5)24(6)26(25)27/h11,13,17,19,22,24,26H,7-10,12,14-16,18,27H2,1-6H3/b20-11+,21-13+. The summed E-state index contributed by atoms with van der Waals surface area (Å²) in [5, 5.41) is 0. The third-order valence-corrected chi connectivity index (χ3v) is 7.26. The molecule has 0 saturated heterocycles. The van der Waals surface area contributed by atoms with Gasteiger partial charge in [-0.2, -0.15) is 0 Å². The highest BCUT2D eigenvalue weighted by Gasteiger charge is 2.21. The van der Waals surface area contributed by atoms with Crippen LogP contribution in [0.3, 0.4) is 0 Å². The highest BCUT2D eigenvalue weighted by atomic mass is 31.0. The minimum absolute atomic E-state index is 0.641. The average Bonchev–Trinajstić information content (AvgIpc) is 2.64. The maximum atomic E-state index is 3.08. The molecule has 1 rings (SSSR count). The second-order valence-electron chi connectivity index (χ2n) is 8.93. The number of allylic oxidation sites excluding steroid dienone is 8. The van der Waals surface area contributed by atoms with Gasteiger partial charge in [0, 0.05) is 5.66 Å². The normalized spacial score (nSPS) is 22.5. The van der Waals surface area contributed by atoms with E-state index in [0.717, 1.165) is 5.92 Å². The molecule has 1 aliphatic rings. The van der Waals surface area contributed by atoms with Gasteiger partial charge in [0.05, 0.1) is 0 Å². The zero-order valence-corrected chi connectivity index (χ0v) is 20.1. The molecule has 0 aromatic heterocycles. The van der Waals surface area contributed by atoms with Crippen LogP contribution in [-0.2, 0) is 0 Å². The largest absolute Gasteiger partial charge is 0.129 e. The quantitative estimate of drug-likeness (QED) is 0.231. The highest BCUT2D eigenvalue weighted by Crippen LogP contribution is 2.34. The fourth-order valence-electron chi connectivity index (χ4n) is 3.78. The van der Waals surface area contributed by atoms with Crippen LogP contribution >= 0.6 is 9.24 Å². The zero-order chi connectivity index (χ0) is 20.2. The summed E-state index contributed by atoms with van der Waals surface area (Å²) in [6, 6.07) is 0. The van der Waals surface area contributed by atoms with Crippen molar-refractivity contribution in [1.29, 1.82) is 0 Å². The molecule has 1 heteroatoms. The predicted octanol–water partition coefficient (Wildman–Crippen LogP) is 8.81. The van der Waals surface area contributed by atoms with E-state index in [-0.39, 0.29) is 0 Å². The Bertz CT molecular complexity index is 547. The molecule has 4 atom stereocenters. The van der Waals surface area contributed by atoms with Gasteiger partial charge in [0.25, 0.3) is 0 Å². The third-order valence-electron chi connectivity index (χ3n) is 6.25. The van der Waals surface area contributed by atoms with Gasteiger partial charge in [0.1, 0.15) is 0 Å². The molecule has 0 spiro atoms. The van der Waals surface area contributed by atoms with Crippen LogP contribution in [0.4, 0.5) is 0 Å². The minimum atomic E-state index is 0.641. The Balaban J connectivity index is 2.23. The Morgan fingerprint density at radius 3 is 2.44 bits per heavy atom. The Morgan fingerprint density at radius 2 is 1.74 bits per heavy atom. The van der Waals surface area contributed by atoms with E-state index in [4.69, 9.17) is 0 Å². The molecule has 0 aromatic rings. The molecule has 0 amide bonds. The maximum Gasteiger partial charge on any atom is 0.00101 e. The van der Waals surface area contributed by atoms with E-state index in [2.05, 4.69) is 75.1 Å². The van der Waals surface area contributed by atoms with Gasteiger partial charge in [-0.1, -0.05) is 80.2 Å². The molecule has 0 N–H and O–H groups in total. The lowest BCUT2D eigenvalue weighted by Gasteiger charge is -2.27. The summed E-state index contributed by atoms with van der Waals surface area (Å²) in [6.07, 6.45) is 21.1. The molecule has 0 heterocycles. The number of hydrogen-bond acceptors (Lipinski definition) is 0. The summed E-state index contributed by atoms with van der Waals surface area (Å²) in [5.41, 5.74) is 6.93. The van der Waals surface area contributed by atoms with E-state index < -0.39 is 0 Å². The first-order chi connectivity index (χ1) is 12.8. The maximum absolute atomic E-state index is 3.08. The van der Waals surface area contributed by atoms with Crippen molar-refractivity contribution in [1.82, 2.24) is 0 Å². The van der Waals surface area contributed by atoms with Gasteiger partial charge in [0.2, 0.25) is 0 Å². The van der Waals surface area contributed by atoms with Crippen molar-refractivity contribution in [3.8, 4) is 0 Å². The smallest absolute Gasteiger partial charge is 0.00101 e. The molecule has 0 aromatic carbocycles. The van der Waals surface area contributed by atoms with Gasteiger partial charge in [-0.25, -0.2) is 0 Å². The van der Waals surface area contributed by atoms with E-state index in [9.17, 15) is 0 Å². The molecule has 0 radical (unpaired) electrons. The number of hydrogen-bond donors (Lipinski definition) is 0. The van der Waals surface area contributed by atoms with E-state index >= 15 is 0 Å². The van der Waals surface area contributed by atoms with Gasteiger partial charge in [-0.3, -0.25) is 0 Å². The van der Waals surface area contributed by atoms with Gasteiger partial charge in [-0.15, -0.1) is 9.24 Å². The summed E-state index contributed by atoms with van der Waals surface area (Å²) in [4.78, 5) is 0. The first-order valence-electron chi connectivity index (χ1n) is 11.3. The van der Waals surface area contributed by atoms with Crippen LogP contribution in [0.2, 0.25) is 0 Å². The predicted molar refractivity (Wildman–Crippen MR) is 128 cm³/mol. The van der Waals surface area contributed by atoms with Crippen molar-refractivity contribution in [3.05, 3.63) is 46.6 Å². The number of unbranched alkanes of at least 4 members (excludes halogenated alkanes) is 1. The molecule has 4 unspecified atom stereocenters. The van der Waals surface area contributed by atoms with Crippen molar-refractivity contribution < 1.29 is 0 Å². The SMILES string of the molecule is CCC/C=C(\C)CC/C=C(\C)CCCC(C)CCC1=CC=C(C)C(C)C1P. The van der Waals surface area contributed by atoms with Crippen LogP contribution in [-0.4, -0.2) is 5.66 Å². The van der Waals surface area contributed by atoms with Crippen molar-refractivity contribution in [2.75, 3.05) is 0 Å². The van der Waals surface area contributed by atoms with E-state index in [1.807, 2.05) is 0 Å². The summed E-state index contributed by atoms with van der Waals surface area (Å²) in [5.74, 6) is 1.51. The molecule has 27 heavy (non-hydrogen) atoms. The topological polar surface area (TPSA) is 0 Å². The monoisotopic (exact) mass is 388 g/mol. The van der Waals surface area contributed by atoms with Gasteiger partial charge in [-0.05, 0) is 77.6 Å². The van der Waals surface area contributed by atoms with E-state index in [0.29, 0.717) is 11.6 Å². The van der Waals surface area contributed by atoms with Crippen LogP contribution in [0, 0.1) is 11.8 Å². The molecule has 0 saturated carbocycles. The molecule has 0 aliphatic heterocycles. The molecule has 0 fully saturated rings. The first-order valence-corrected chi connectivity index (χ1v) is 12.0. The van der Waals surface area contributed by atoms with Crippen LogP contribution in [0.1, 0.15) is 99.3 Å². The van der Waals surface area contributed by atoms with Crippen LogP contribution in [0.25, 0.3) is 0 Å². The molecular formula is C26H45P. The van der Waals surface area contributed by atoms with Crippen molar-refractivity contribution in [3.63, 3.8) is 0 Å². The van der Waals surface area contributed by atoms with Crippen molar-refractivity contribution in [2.45, 2.75) is 105 Å². The van der Waals surface area contributed by atoms with E-state index in [1.54, 1.807) is 16.7 Å². The van der Waals surface area contributed by atoms with Crippen LogP contribution in [0.5, 0.6) is 0 Å². The summed E-state index contributed by atoms with van der Waals surface area (Å²) >= 11 is 0. The van der Waals surface area contributed by atoms with Crippen LogP contribution in [0.15, 0.2) is 46.6 Å². The highest BCUT2D eigenvalue weighted by molar-refractivity contribution is 7.18. The third kappa shape index (κ3) is 9.94. The van der Waals surface area contributed by atoms with E-state index in [1.165, 1.54) is 63.4 Å². The Hall–Kier alpha value is -0.610. The van der Waals surface area contributed by atoms with Crippen molar-refractivity contribution in [2.24, 2.45) is 11.8 Å². The minimum Gasteiger partial charge on any atom is -0.129 e. The summed E-state index contributed by atoms with van der Waals surface area (Å²) in [6.45, 7) is 13.9. The lowest BCUT2D eigenvalue weighted by Crippen LogP contribution is -2.18. The molecule has 154 valence electrons. The molecule has 0 nitrogen and oxygen atoms in total. The Kier molecular flexibility index (Phi) is 12.3. The fourth-order valence-corrected chi connectivity index (χ4v) is 4.36. The fraction of sp³-hybridized carbons (Fsp3) is 0.692. The second kappa shape index (κ2) is 13.5. The van der Waals surface area contributed by atoms with Crippen molar-refractivity contribution >= 4 is 9.24 Å². The lowest BCUT2D eigenvalue weighted by atomic mass is 9.85. The van der Waals surface area contributed by atoms with Gasteiger partial charge >= 0.3 is 0 Å². The number of rotatable bonds is 12. The lowest BCUT2D eigenvalue weighted by molar-refractivity contribution is 0.467. The first kappa shape index (κ1) is 24.4. The Labute approximate surface area is 172 Å². The Morgan fingerprint density at radius 1 is 1.07 bits per heavy atom. The molecule has 0 bridgehead atoms. The van der Waals surface area contributed by atoms with Crippen LogP contribution < -0.4 is 0 Å². The second-order valence-corrected chi connectivity index (χ2v) is 9.65. The molecule has 1 aliphatic carbocycles.